The van der Waals surface area contributed by atoms with Crippen LogP contribution in [0.15, 0.2) is 0 Å². The first-order chi connectivity index (χ1) is 13.4. The summed E-state index contributed by atoms with van der Waals surface area (Å²) < 4.78 is 9.80. The van der Waals surface area contributed by atoms with Crippen molar-refractivity contribution in [2.24, 2.45) is 5.92 Å². The van der Waals surface area contributed by atoms with Gasteiger partial charge in [-0.05, 0) is 51.4 Å². The fourth-order valence-electron chi connectivity index (χ4n) is 3.09. The summed E-state index contributed by atoms with van der Waals surface area (Å²) in [4.78, 5) is 35.6. The van der Waals surface area contributed by atoms with E-state index in [0.29, 0.717) is 26.2 Å². The van der Waals surface area contributed by atoms with Gasteiger partial charge in [0.15, 0.2) is 0 Å². The molecule has 3 unspecified atom stereocenters. The molecule has 2 saturated heterocycles. The molecule has 0 N–H and O–H groups in total. The van der Waals surface area contributed by atoms with Gasteiger partial charge in [-0.2, -0.15) is 0 Å². The summed E-state index contributed by atoms with van der Waals surface area (Å²) in [5.74, 6) is -0.507. The van der Waals surface area contributed by atoms with E-state index in [1.807, 2.05) is 20.8 Å². The molecule has 164 valence electrons. The maximum absolute atomic E-state index is 12.2. The summed E-state index contributed by atoms with van der Waals surface area (Å²) in [6, 6.07) is 0.189. The number of hydrogen-bond acceptors (Lipinski definition) is 5. The van der Waals surface area contributed by atoms with Gasteiger partial charge in [0.1, 0.15) is 6.10 Å². The van der Waals surface area contributed by atoms with Crippen LogP contribution in [0.3, 0.4) is 0 Å². The maximum atomic E-state index is 12.2. The standard InChI is InChI=1S/C14H23NO3.C4H8O2.C4H10/c1-10-6-5-9-18-13(10)12(16)14(17)15-8-4-3-7-11(15)2;1-2-3-6-4-5;1-3-4-2/h10-11,13H,3-9H2,1-2H3;4H,2-3H2,1H3;3-4H2,1-2H3. The van der Waals surface area contributed by atoms with Crippen LogP contribution >= 0.6 is 0 Å². The molecular weight excluding hydrogens is 358 g/mol. The SMILES string of the molecule is CC1CCCOC1C(=O)C(=O)N1CCCCC1C.CCCC.CCCOC=O. The van der Waals surface area contributed by atoms with E-state index < -0.39 is 6.10 Å². The van der Waals surface area contributed by atoms with Crippen molar-refractivity contribution in [3.8, 4) is 0 Å². The molecule has 28 heavy (non-hydrogen) atoms. The van der Waals surface area contributed by atoms with Crippen molar-refractivity contribution in [3.63, 3.8) is 0 Å². The Morgan fingerprint density at radius 1 is 1.04 bits per heavy atom. The van der Waals surface area contributed by atoms with E-state index in [9.17, 15) is 14.4 Å². The van der Waals surface area contributed by atoms with Gasteiger partial charge >= 0.3 is 0 Å². The van der Waals surface area contributed by atoms with Crippen LogP contribution in [0.4, 0.5) is 0 Å². The van der Waals surface area contributed by atoms with Gasteiger partial charge in [-0.25, -0.2) is 0 Å². The summed E-state index contributed by atoms with van der Waals surface area (Å²) in [6.45, 7) is 12.6. The van der Waals surface area contributed by atoms with Crippen molar-refractivity contribution < 1.29 is 23.9 Å². The third-order valence-electron chi connectivity index (χ3n) is 5.04. The molecule has 0 spiro atoms. The molecule has 0 saturated carbocycles. The molecule has 0 aromatic rings. The first-order valence-electron chi connectivity index (χ1n) is 11.0. The zero-order valence-electron chi connectivity index (χ0n) is 18.6. The molecule has 6 nitrogen and oxygen atoms in total. The van der Waals surface area contributed by atoms with E-state index in [2.05, 4.69) is 18.6 Å². The van der Waals surface area contributed by atoms with E-state index in [4.69, 9.17) is 4.74 Å². The number of Topliss-reactive ketones (excluding diaryl/α,β-unsaturated/α-hetero) is 1. The number of rotatable bonds is 6. The third-order valence-corrected chi connectivity index (χ3v) is 5.04. The summed E-state index contributed by atoms with van der Waals surface area (Å²) in [6.07, 6.45) is 8.14. The van der Waals surface area contributed by atoms with Crippen LogP contribution < -0.4 is 0 Å². The van der Waals surface area contributed by atoms with Gasteiger partial charge in [-0.1, -0.05) is 40.5 Å². The minimum Gasteiger partial charge on any atom is -0.468 e. The second-order valence-corrected chi connectivity index (χ2v) is 7.59. The smallest absolute Gasteiger partial charge is 0.293 e. The quantitative estimate of drug-likeness (QED) is 0.381. The minimum atomic E-state index is -0.514. The molecule has 2 aliphatic heterocycles. The van der Waals surface area contributed by atoms with E-state index >= 15 is 0 Å². The largest absolute Gasteiger partial charge is 0.468 e. The van der Waals surface area contributed by atoms with Gasteiger partial charge in [-0.3, -0.25) is 14.4 Å². The van der Waals surface area contributed by atoms with Crippen LogP contribution in [0.1, 0.15) is 86.0 Å². The highest BCUT2D eigenvalue weighted by atomic mass is 16.5. The number of amides is 1. The zero-order valence-corrected chi connectivity index (χ0v) is 18.6. The summed E-state index contributed by atoms with van der Waals surface area (Å²) >= 11 is 0. The molecule has 2 heterocycles. The normalized spacial score (nSPS) is 24.0. The Morgan fingerprint density at radius 3 is 2.18 bits per heavy atom. The highest BCUT2D eigenvalue weighted by Crippen LogP contribution is 2.23. The Hall–Kier alpha value is -1.43. The van der Waals surface area contributed by atoms with Crippen LogP contribution in [-0.4, -0.2) is 55.0 Å². The third kappa shape index (κ3) is 10.2. The number of carbonyl (C=O) groups is 3. The molecule has 1 amide bonds. The summed E-state index contributed by atoms with van der Waals surface area (Å²) in [7, 11) is 0. The molecule has 0 radical (unpaired) electrons. The summed E-state index contributed by atoms with van der Waals surface area (Å²) in [5, 5.41) is 0. The van der Waals surface area contributed by atoms with E-state index in [0.717, 1.165) is 38.5 Å². The molecule has 6 heteroatoms. The molecule has 0 bridgehead atoms. The predicted molar refractivity (Wildman–Crippen MR) is 111 cm³/mol. The average molecular weight is 400 g/mol. The highest BCUT2D eigenvalue weighted by molar-refractivity contribution is 6.38. The molecule has 2 aliphatic rings. The number of ketones is 1. The van der Waals surface area contributed by atoms with Crippen molar-refractivity contribution in [1.29, 1.82) is 0 Å². The zero-order chi connectivity index (χ0) is 21.4. The fourth-order valence-corrected chi connectivity index (χ4v) is 3.09. The van der Waals surface area contributed by atoms with Gasteiger partial charge in [-0.15, -0.1) is 0 Å². The van der Waals surface area contributed by atoms with Gasteiger partial charge in [0.2, 0.25) is 5.78 Å². The van der Waals surface area contributed by atoms with Gasteiger partial charge < -0.3 is 14.4 Å². The lowest BCUT2D eigenvalue weighted by Crippen LogP contribution is -2.50. The Balaban J connectivity index is 0.000000608. The first kappa shape index (κ1) is 26.6. The van der Waals surface area contributed by atoms with E-state index in [-0.39, 0.29) is 23.7 Å². The topological polar surface area (TPSA) is 72.9 Å². The van der Waals surface area contributed by atoms with E-state index in [1.54, 1.807) is 4.90 Å². The lowest BCUT2D eigenvalue weighted by Gasteiger charge is -2.35. The summed E-state index contributed by atoms with van der Waals surface area (Å²) in [5.41, 5.74) is 0. The predicted octanol–water partition coefficient (Wildman–Crippen LogP) is 4.15. The van der Waals surface area contributed by atoms with Crippen LogP contribution in [0.2, 0.25) is 0 Å². The lowest BCUT2D eigenvalue weighted by molar-refractivity contribution is -0.156. The second kappa shape index (κ2) is 16.5. The molecular formula is C22H41NO5. The number of ether oxygens (including phenoxy) is 2. The van der Waals surface area contributed by atoms with Gasteiger partial charge in [0, 0.05) is 19.2 Å². The molecule has 2 rings (SSSR count). The lowest BCUT2D eigenvalue weighted by atomic mass is 9.92. The molecule has 0 aromatic carbocycles. The van der Waals surface area contributed by atoms with Crippen molar-refractivity contribution in [3.05, 3.63) is 0 Å². The minimum absolute atomic E-state index is 0.162. The fraction of sp³-hybridized carbons (Fsp3) is 0.864. The van der Waals surface area contributed by atoms with Crippen LogP contribution in [-0.2, 0) is 23.9 Å². The number of carbonyl (C=O) groups excluding carboxylic acids is 3. The van der Waals surface area contributed by atoms with Crippen molar-refractivity contribution >= 4 is 18.2 Å². The highest BCUT2D eigenvalue weighted by Gasteiger charge is 2.37. The van der Waals surface area contributed by atoms with Gasteiger partial charge in [0.05, 0.1) is 6.61 Å². The number of nitrogens with zero attached hydrogens (tertiary/aromatic N) is 1. The molecule has 0 aliphatic carbocycles. The maximum Gasteiger partial charge on any atom is 0.293 e. The number of hydrogen-bond donors (Lipinski definition) is 0. The van der Waals surface area contributed by atoms with Crippen molar-refractivity contribution in [2.75, 3.05) is 19.8 Å². The Labute approximate surface area is 171 Å². The number of likely N-dealkylation sites (tertiary alicyclic amines) is 1. The Kier molecular flexibility index (Phi) is 15.7. The average Bonchev–Trinajstić information content (AvgIpc) is 2.72. The first-order valence-corrected chi connectivity index (χ1v) is 11.0. The Morgan fingerprint density at radius 2 is 1.71 bits per heavy atom. The van der Waals surface area contributed by atoms with E-state index in [1.165, 1.54) is 12.8 Å². The number of unbranched alkanes of at least 4 members (excludes halogenated alkanes) is 1. The monoisotopic (exact) mass is 399 g/mol. The van der Waals surface area contributed by atoms with Crippen LogP contribution in [0.5, 0.6) is 0 Å². The van der Waals surface area contributed by atoms with Crippen LogP contribution in [0.25, 0.3) is 0 Å². The van der Waals surface area contributed by atoms with Crippen molar-refractivity contribution in [2.45, 2.75) is 98.1 Å². The second-order valence-electron chi connectivity index (χ2n) is 7.59. The van der Waals surface area contributed by atoms with Gasteiger partial charge in [0.25, 0.3) is 12.4 Å². The Bertz CT molecular complexity index is 407. The van der Waals surface area contributed by atoms with Crippen molar-refractivity contribution in [1.82, 2.24) is 4.90 Å². The molecule has 2 fully saturated rings. The number of piperidine rings is 1. The van der Waals surface area contributed by atoms with Crippen LogP contribution in [0, 0.1) is 5.92 Å². The molecule has 3 atom stereocenters. The molecule has 0 aromatic heterocycles.